The Kier molecular flexibility index (Phi) is 7.64. The van der Waals surface area contributed by atoms with Crippen molar-refractivity contribution >= 4 is 39.1 Å². The van der Waals surface area contributed by atoms with Crippen molar-refractivity contribution in [3.05, 3.63) is 69.7 Å². The number of carbonyl (C=O) groups excluding carboxylic acids is 1. The molecule has 0 saturated heterocycles. The predicted molar refractivity (Wildman–Crippen MR) is 106 cm³/mol. The summed E-state index contributed by atoms with van der Waals surface area (Å²) in [5.74, 6) is -0.501. The molecule has 0 aliphatic heterocycles. The summed E-state index contributed by atoms with van der Waals surface area (Å²) in [6.45, 7) is 0.103. The average molecular weight is 431 g/mol. The largest absolute Gasteiger partial charge is 0.375 e. The topological polar surface area (TPSA) is 84.5 Å². The van der Waals surface area contributed by atoms with Crippen molar-refractivity contribution in [3.63, 3.8) is 0 Å². The summed E-state index contributed by atoms with van der Waals surface area (Å²) in [5.41, 5.74) is 1.19. The van der Waals surface area contributed by atoms with Crippen molar-refractivity contribution in [1.82, 2.24) is 10.0 Å². The van der Waals surface area contributed by atoms with E-state index in [1.807, 2.05) is 0 Å². The van der Waals surface area contributed by atoms with Crippen LogP contribution in [0.4, 0.5) is 0 Å². The Labute approximate surface area is 168 Å². The lowest BCUT2D eigenvalue weighted by Crippen LogP contribution is -2.41. The minimum Gasteiger partial charge on any atom is -0.375 e. The molecule has 0 aliphatic rings. The molecule has 146 valence electrons. The zero-order chi connectivity index (χ0) is 20.0. The van der Waals surface area contributed by atoms with E-state index in [-0.39, 0.29) is 6.54 Å². The van der Waals surface area contributed by atoms with Gasteiger partial charge in [0.15, 0.2) is 0 Å². The number of methoxy groups -OCH3 is 1. The first-order chi connectivity index (χ1) is 12.7. The molecule has 2 N–H and O–H groups in total. The molecule has 0 bridgehead atoms. The van der Waals surface area contributed by atoms with E-state index in [4.69, 9.17) is 27.9 Å². The van der Waals surface area contributed by atoms with Crippen LogP contribution < -0.4 is 10.0 Å². The average Bonchev–Trinajstić information content (AvgIpc) is 2.61. The lowest BCUT2D eigenvalue weighted by molar-refractivity contribution is -0.123. The Morgan fingerprint density at radius 1 is 1.15 bits per heavy atom. The smallest absolute Gasteiger partial charge is 0.242 e. The van der Waals surface area contributed by atoms with E-state index in [9.17, 15) is 13.2 Å². The van der Waals surface area contributed by atoms with Crippen LogP contribution in [-0.2, 0) is 19.6 Å². The van der Waals surface area contributed by atoms with Crippen LogP contribution >= 0.6 is 23.2 Å². The van der Waals surface area contributed by atoms with Crippen LogP contribution in [-0.4, -0.2) is 34.2 Å². The van der Waals surface area contributed by atoms with Crippen molar-refractivity contribution in [3.8, 4) is 0 Å². The summed E-state index contributed by atoms with van der Waals surface area (Å²) in [6.07, 6.45) is 0.482. The van der Waals surface area contributed by atoms with E-state index in [2.05, 4.69) is 10.0 Å². The molecule has 0 saturated carbocycles. The van der Waals surface area contributed by atoms with Crippen LogP contribution in [0, 0.1) is 0 Å². The molecule has 0 radical (unpaired) electrons. The van der Waals surface area contributed by atoms with E-state index in [1.165, 1.54) is 7.11 Å². The van der Waals surface area contributed by atoms with Gasteiger partial charge in [-0.25, -0.2) is 8.42 Å². The first-order valence-corrected chi connectivity index (χ1v) is 10.6. The van der Waals surface area contributed by atoms with Gasteiger partial charge in [-0.05, 0) is 17.7 Å². The number of nitrogens with one attached hydrogen (secondary N) is 2. The maximum atomic E-state index is 12.7. The van der Waals surface area contributed by atoms with Gasteiger partial charge in [-0.1, -0.05) is 59.6 Å². The van der Waals surface area contributed by atoms with E-state index < -0.39 is 28.1 Å². The maximum absolute atomic E-state index is 12.7. The molecule has 0 aromatic heterocycles. The van der Waals surface area contributed by atoms with E-state index in [0.717, 1.165) is 6.26 Å². The van der Waals surface area contributed by atoms with Gasteiger partial charge in [0, 0.05) is 29.3 Å². The Bertz CT molecular complexity index is 891. The Balaban J connectivity index is 2.16. The number of benzene rings is 2. The van der Waals surface area contributed by atoms with Crippen LogP contribution in [0.3, 0.4) is 0 Å². The van der Waals surface area contributed by atoms with Gasteiger partial charge in [-0.2, -0.15) is 4.72 Å². The molecule has 9 heteroatoms. The van der Waals surface area contributed by atoms with Crippen LogP contribution in [0.5, 0.6) is 0 Å². The lowest BCUT2D eigenvalue weighted by Gasteiger charge is -2.21. The summed E-state index contributed by atoms with van der Waals surface area (Å²) in [5, 5.41) is 3.62. The zero-order valence-electron chi connectivity index (χ0n) is 14.8. The number of ether oxygens (including phenoxy) is 1. The number of hydrogen-bond donors (Lipinski definition) is 2. The highest BCUT2D eigenvalue weighted by molar-refractivity contribution is 7.88. The van der Waals surface area contributed by atoms with Crippen LogP contribution in [0.25, 0.3) is 0 Å². The Hall–Kier alpha value is -1.64. The second-order valence-corrected chi connectivity index (χ2v) is 8.49. The normalized spacial score (nSPS) is 13.8. The van der Waals surface area contributed by atoms with Gasteiger partial charge in [0.05, 0.1) is 6.26 Å². The third-order valence-electron chi connectivity index (χ3n) is 3.78. The highest BCUT2D eigenvalue weighted by Crippen LogP contribution is 2.28. The first kappa shape index (κ1) is 21.7. The molecule has 0 aliphatic carbocycles. The molecule has 0 heterocycles. The van der Waals surface area contributed by atoms with Crippen LogP contribution in [0.15, 0.2) is 48.5 Å². The van der Waals surface area contributed by atoms with Crippen molar-refractivity contribution in [1.29, 1.82) is 0 Å². The van der Waals surface area contributed by atoms with Gasteiger partial charge < -0.3 is 10.1 Å². The molecular weight excluding hydrogens is 411 g/mol. The fraction of sp³-hybridized carbons (Fsp3) is 0.278. The molecule has 2 atom stereocenters. The molecular formula is C18H20Cl2N2O4S. The monoisotopic (exact) mass is 430 g/mol. The Morgan fingerprint density at radius 2 is 1.81 bits per heavy atom. The van der Waals surface area contributed by atoms with E-state index in [1.54, 1.807) is 48.5 Å². The van der Waals surface area contributed by atoms with Crippen LogP contribution in [0.2, 0.25) is 10.0 Å². The van der Waals surface area contributed by atoms with E-state index in [0.29, 0.717) is 21.2 Å². The molecule has 1 amide bonds. The molecule has 0 fully saturated rings. The summed E-state index contributed by atoms with van der Waals surface area (Å²) >= 11 is 12.1. The SMILES string of the molecule is COC(CNC(=O)C(NS(C)(=O)=O)c1ccccc1)c1ccc(Cl)cc1Cl. The standard InChI is InChI=1S/C18H20Cl2N2O4S/c1-26-16(14-9-8-13(19)10-15(14)20)11-21-18(23)17(22-27(2,24)25)12-6-4-3-5-7-12/h3-10,16-17,22H,11H2,1-2H3,(H,21,23). The second kappa shape index (κ2) is 9.52. The Morgan fingerprint density at radius 3 is 2.37 bits per heavy atom. The van der Waals surface area contributed by atoms with Gasteiger partial charge >= 0.3 is 0 Å². The fourth-order valence-corrected chi connectivity index (χ4v) is 3.71. The summed E-state index contributed by atoms with van der Waals surface area (Å²) in [6, 6.07) is 12.5. The number of sulfonamides is 1. The molecule has 2 aromatic rings. The van der Waals surface area contributed by atoms with E-state index >= 15 is 0 Å². The summed E-state index contributed by atoms with van der Waals surface area (Å²) < 4.78 is 31.1. The molecule has 0 spiro atoms. The third kappa shape index (κ3) is 6.48. The number of halogens is 2. The lowest BCUT2D eigenvalue weighted by atomic mass is 10.1. The first-order valence-electron chi connectivity index (χ1n) is 7.99. The molecule has 6 nitrogen and oxygen atoms in total. The molecule has 2 aromatic carbocycles. The minimum atomic E-state index is -3.60. The minimum absolute atomic E-state index is 0.103. The van der Waals surface area contributed by atoms with Gasteiger partial charge in [0.25, 0.3) is 0 Å². The fourth-order valence-electron chi connectivity index (χ4n) is 2.51. The van der Waals surface area contributed by atoms with Gasteiger partial charge in [0.1, 0.15) is 12.1 Å². The predicted octanol–water partition coefficient (Wildman–Crippen LogP) is 3.09. The van der Waals surface area contributed by atoms with Crippen molar-refractivity contribution in [2.45, 2.75) is 12.1 Å². The molecule has 2 unspecified atom stereocenters. The third-order valence-corrected chi connectivity index (χ3v) is 5.01. The summed E-state index contributed by atoms with van der Waals surface area (Å²) in [7, 11) is -2.11. The van der Waals surface area contributed by atoms with Gasteiger partial charge in [-0.15, -0.1) is 0 Å². The van der Waals surface area contributed by atoms with Crippen molar-refractivity contribution < 1.29 is 17.9 Å². The van der Waals surface area contributed by atoms with Crippen LogP contribution in [0.1, 0.15) is 23.3 Å². The number of carbonyl (C=O) groups is 1. The maximum Gasteiger partial charge on any atom is 0.242 e. The van der Waals surface area contributed by atoms with Crippen molar-refractivity contribution in [2.75, 3.05) is 19.9 Å². The second-order valence-electron chi connectivity index (χ2n) is 5.87. The molecule has 2 rings (SSSR count). The van der Waals surface area contributed by atoms with Gasteiger partial charge in [-0.3, -0.25) is 4.79 Å². The number of rotatable bonds is 8. The number of amides is 1. The number of hydrogen-bond acceptors (Lipinski definition) is 4. The highest BCUT2D eigenvalue weighted by atomic mass is 35.5. The van der Waals surface area contributed by atoms with Gasteiger partial charge in [0.2, 0.25) is 15.9 Å². The zero-order valence-corrected chi connectivity index (χ0v) is 17.1. The molecule has 27 heavy (non-hydrogen) atoms. The van der Waals surface area contributed by atoms with Crippen molar-refractivity contribution in [2.24, 2.45) is 0 Å². The summed E-state index contributed by atoms with van der Waals surface area (Å²) in [4.78, 5) is 12.7. The highest BCUT2D eigenvalue weighted by Gasteiger charge is 2.25. The quantitative estimate of drug-likeness (QED) is 0.673.